The van der Waals surface area contributed by atoms with E-state index in [4.69, 9.17) is 10.5 Å². The van der Waals surface area contributed by atoms with Crippen LogP contribution < -0.4 is 15.8 Å². The summed E-state index contributed by atoms with van der Waals surface area (Å²) in [4.78, 5) is 19.2. The molecule has 0 atom stereocenters. The maximum atomic E-state index is 11.4. The van der Waals surface area contributed by atoms with Gasteiger partial charge in [0.05, 0.1) is 7.11 Å². The molecule has 0 unspecified atom stereocenters. The molecule has 3 N–H and O–H groups in total. The lowest BCUT2D eigenvalue weighted by molar-refractivity contribution is 0.0957. The summed E-state index contributed by atoms with van der Waals surface area (Å²) in [6.07, 6.45) is 1.60. The molecule has 0 bridgehead atoms. The Labute approximate surface area is 103 Å². The minimum atomic E-state index is -0.275. The van der Waals surface area contributed by atoms with Crippen LogP contribution in [-0.2, 0) is 0 Å². The predicted molar refractivity (Wildman–Crippen MR) is 63.5 cm³/mol. The number of nitrogens with two attached hydrogens (primary N) is 1. The number of nitrogens with one attached hydrogen (secondary N) is 1. The first-order valence-corrected chi connectivity index (χ1v) is 5.10. The summed E-state index contributed by atoms with van der Waals surface area (Å²) >= 11 is 0. The summed E-state index contributed by atoms with van der Waals surface area (Å²) in [6.45, 7) is 0. The van der Waals surface area contributed by atoms with E-state index >= 15 is 0 Å². The van der Waals surface area contributed by atoms with Crippen LogP contribution in [-0.4, -0.2) is 39.8 Å². The predicted octanol–water partition coefficient (Wildman–Crippen LogP) is -0.387. The van der Waals surface area contributed by atoms with Gasteiger partial charge in [0.15, 0.2) is 11.5 Å². The van der Waals surface area contributed by atoms with E-state index in [0.29, 0.717) is 11.7 Å². The second-order valence-electron chi connectivity index (χ2n) is 3.35. The summed E-state index contributed by atoms with van der Waals surface area (Å²) in [5.41, 5.74) is 5.83. The lowest BCUT2D eigenvalue weighted by atomic mass is 10.4. The molecule has 2 aromatic heterocycles. The first-order chi connectivity index (χ1) is 8.63. The summed E-state index contributed by atoms with van der Waals surface area (Å²) in [5, 5.41) is 6.55. The standard InChI is InChI=1S/C10H12N6O2/c1-12-9(17)6-3-4-16(15-6)7-5-8(18-2)14-10(11)13-7/h3-5H,1-2H3,(H,12,17)(H2,11,13,14). The quantitative estimate of drug-likeness (QED) is 0.766. The fourth-order valence-electron chi connectivity index (χ4n) is 1.35. The Kier molecular flexibility index (Phi) is 3.09. The number of hydrogen-bond acceptors (Lipinski definition) is 6. The van der Waals surface area contributed by atoms with E-state index in [1.165, 1.54) is 18.8 Å². The Bertz CT molecular complexity index is 579. The molecule has 8 nitrogen and oxygen atoms in total. The van der Waals surface area contributed by atoms with Gasteiger partial charge in [0.25, 0.3) is 5.91 Å². The largest absolute Gasteiger partial charge is 0.481 e. The first-order valence-electron chi connectivity index (χ1n) is 5.10. The molecule has 18 heavy (non-hydrogen) atoms. The van der Waals surface area contributed by atoms with E-state index in [-0.39, 0.29) is 17.5 Å². The molecule has 0 aromatic carbocycles. The molecule has 8 heteroatoms. The highest BCUT2D eigenvalue weighted by Gasteiger charge is 2.10. The second-order valence-corrected chi connectivity index (χ2v) is 3.35. The Morgan fingerprint density at radius 3 is 2.94 bits per heavy atom. The lowest BCUT2D eigenvalue weighted by Crippen LogP contribution is -2.18. The molecule has 0 fully saturated rings. The van der Waals surface area contributed by atoms with E-state index in [0.717, 1.165) is 0 Å². The van der Waals surface area contributed by atoms with Gasteiger partial charge in [-0.05, 0) is 6.07 Å². The van der Waals surface area contributed by atoms with Crippen LogP contribution in [0.15, 0.2) is 18.3 Å². The monoisotopic (exact) mass is 248 g/mol. The van der Waals surface area contributed by atoms with Crippen LogP contribution in [0.4, 0.5) is 5.95 Å². The molecule has 2 heterocycles. The number of carbonyl (C=O) groups excluding carboxylic acids is 1. The summed E-state index contributed by atoms with van der Waals surface area (Å²) < 4.78 is 6.40. The highest BCUT2D eigenvalue weighted by atomic mass is 16.5. The minimum Gasteiger partial charge on any atom is -0.481 e. The average Bonchev–Trinajstić information content (AvgIpc) is 2.86. The highest BCUT2D eigenvalue weighted by Crippen LogP contribution is 2.13. The van der Waals surface area contributed by atoms with Crippen molar-refractivity contribution in [2.45, 2.75) is 0 Å². The van der Waals surface area contributed by atoms with E-state index in [1.54, 1.807) is 18.3 Å². The average molecular weight is 248 g/mol. The van der Waals surface area contributed by atoms with Crippen molar-refractivity contribution in [2.75, 3.05) is 19.9 Å². The number of nitrogen functional groups attached to an aromatic ring is 1. The van der Waals surface area contributed by atoms with Crippen LogP contribution in [0.5, 0.6) is 5.88 Å². The van der Waals surface area contributed by atoms with Crippen molar-refractivity contribution >= 4 is 11.9 Å². The number of hydrogen-bond donors (Lipinski definition) is 2. The van der Waals surface area contributed by atoms with E-state index < -0.39 is 0 Å². The van der Waals surface area contributed by atoms with E-state index in [9.17, 15) is 4.79 Å². The second kappa shape index (κ2) is 4.70. The number of anilines is 1. The molecular formula is C10H12N6O2. The molecule has 0 radical (unpaired) electrons. The van der Waals surface area contributed by atoms with Crippen LogP contribution in [0.2, 0.25) is 0 Å². The van der Waals surface area contributed by atoms with Crippen molar-refractivity contribution in [3.8, 4) is 11.7 Å². The van der Waals surface area contributed by atoms with Gasteiger partial charge in [0, 0.05) is 19.3 Å². The van der Waals surface area contributed by atoms with Gasteiger partial charge in [-0.1, -0.05) is 0 Å². The molecule has 94 valence electrons. The van der Waals surface area contributed by atoms with E-state index in [2.05, 4.69) is 20.4 Å². The Balaban J connectivity index is 2.39. The maximum Gasteiger partial charge on any atom is 0.271 e. The lowest BCUT2D eigenvalue weighted by Gasteiger charge is -2.04. The molecule has 0 saturated heterocycles. The number of nitrogens with zero attached hydrogens (tertiary/aromatic N) is 4. The third kappa shape index (κ3) is 2.21. The smallest absolute Gasteiger partial charge is 0.271 e. The van der Waals surface area contributed by atoms with Crippen LogP contribution in [0.3, 0.4) is 0 Å². The zero-order valence-corrected chi connectivity index (χ0v) is 9.91. The van der Waals surface area contributed by atoms with Crippen molar-refractivity contribution < 1.29 is 9.53 Å². The molecule has 1 amide bonds. The molecule has 2 rings (SSSR count). The fourth-order valence-corrected chi connectivity index (χ4v) is 1.35. The van der Waals surface area contributed by atoms with Gasteiger partial charge in [-0.3, -0.25) is 4.79 Å². The molecular weight excluding hydrogens is 236 g/mol. The number of carbonyl (C=O) groups is 1. The van der Waals surface area contributed by atoms with Gasteiger partial charge in [-0.2, -0.15) is 15.1 Å². The molecule has 0 aliphatic rings. The third-order valence-electron chi connectivity index (χ3n) is 2.20. The summed E-state index contributed by atoms with van der Waals surface area (Å²) in [5.74, 6) is 0.549. The fraction of sp³-hybridized carbons (Fsp3) is 0.200. The van der Waals surface area contributed by atoms with Crippen LogP contribution in [0, 0.1) is 0 Å². The molecule has 0 aliphatic heterocycles. The first kappa shape index (κ1) is 11.8. The zero-order valence-electron chi connectivity index (χ0n) is 9.91. The summed E-state index contributed by atoms with van der Waals surface area (Å²) in [6, 6.07) is 3.14. The van der Waals surface area contributed by atoms with Crippen LogP contribution in [0.25, 0.3) is 5.82 Å². The van der Waals surface area contributed by atoms with Gasteiger partial charge < -0.3 is 15.8 Å². The Morgan fingerprint density at radius 2 is 2.28 bits per heavy atom. The van der Waals surface area contributed by atoms with Crippen LogP contribution in [0.1, 0.15) is 10.5 Å². The molecule has 0 spiro atoms. The minimum absolute atomic E-state index is 0.0707. The van der Waals surface area contributed by atoms with Gasteiger partial charge in [0.2, 0.25) is 11.8 Å². The summed E-state index contributed by atoms with van der Waals surface area (Å²) in [7, 11) is 3.01. The SMILES string of the molecule is CNC(=O)c1ccn(-c2cc(OC)nc(N)n2)n1. The number of amides is 1. The van der Waals surface area contributed by atoms with Crippen molar-refractivity contribution in [1.29, 1.82) is 0 Å². The van der Waals surface area contributed by atoms with Crippen molar-refractivity contribution in [3.63, 3.8) is 0 Å². The molecule has 0 aliphatic carbocycles. The molecule has 0 saturated carbocycles. The Hall–Kier alpha value is -2.64. The highest BCUT2D eigenvalue weighted by molar-refractivity contribution is 5.91. The van der Waals surface area contributed by atoms with Gasteiger partial charge in [-0.15, -0.1) is 0 Å². The number of aromatic nitrogens is 4. The van der Waals surface area contributed by atoms with Crippen molar-refractivity contribution in [3.05, 3.63) is 24.0 Å². The van der Waals surface area contributed by atoms with Crippen LogP contribution >= 0.6 is 0 Å². The van der Waals surface area contributed by atoms with Crippen molar-refractivity contribution in [1.82, 2.24) is 25.1 Å². The topological polar surface area (TPSA) is 108 Å². The van der Waals surface area contributed by atoms with Gasteiger partial charge >= 0.3 is 0 Å². The maximum absolute atomic E-state index is 11.4. The third-order valence-corrected chi connectivity index (χ3v) is 2.20. The van der Waals surface area contributed by atoms with Crippen molar-refractivity contribution in [2.24, 2.45) is 0 Å². The number of rotatable bonds is 3. The Morgan fingerprint density at radius 1 is 1.50 bits per heavy atom. The number of methoxy groups -OCH3 is 1. The van der Waals surface area contributed by atoms with Gasteiger partial charge in [-0.25, -0.2) is 4.68 Å². The van der Waals surface area contributed by atoms with E-state index in [1.807, 2.05) is 0 Å². The van der Waals surface area contributed by atoms with Gasteiger partial charge in [0.1, 0.15) is 0 Å². The zero-order chi connectivity index (χ0) is 13.1. The molecule has 2 aromatic rings. The normalized spacial score (nSPS) is 10.1. The number of ether oxygens (including phenoxy) is 1.